The van der Waals surface area contributed by atoms with E-state index in [4.69, 9.17) is 9.47 Å². The van der Waals surface area contributed by atoms with E-state index < -0.39 is 6.29 Å². The molecule has 146 valence electrons. The Kier molecular flexibility index (Phi) is 5.13. The first-order valence-corrected chi connectivity index (χ1v) is 10.3. The van der Waals surface area contributed by atoms with Crippen LogP contribution in [-0.2, 0) is 20.8 Å². The molecular formula is C23H31NO3. The molecule has 1 saturated heterocycles. The number of carbonyl (C=O) groups excluding carboxylic acids is 1. The number of rotatable bonds is 3. The standard InChI is InChI=1S/C23H31NO3/c1-14(2)18-10-9-15(3)11-20(18)26-23-21-19(22(25)27-23)12-16-7-5-6-8-17(16)13-24(21)4/h5-8,12,14-15,18,20-21,23H,9-11,13H2,1-4H3/t15-,18+,20-,21-,23-/m1/s1. The van der Waals surface area contributed by atoms with Crippen molar-refractivity contribution in [3.63, 3.8) is 0 Å². The van der Waals surface area contributed by atoms with Crippen LogP contribution >= 0.6 is 0 Å². The van der Waals surface area contributed by atoms with Crippen molar-refractivity contribution in [3.05, 3.63) is 41.0 Å². The van der Waals surface area contributed by atoms with Crippen LogP contribution in [0.3, 0.4) is 0 Å². The molecule has 0 bridgehead atoms. The van der Waals surface area contributed by atoms with Crippen LogP contribution in [0, 0.1) is 17.8 Å². The lowest BCUT2D eigenvalue weighted by Gasteiger charge is -2.39. The molecule has 0 N–H and O–H groups in total. The van der Waals surface area contributed by atoms with Crippen molar-refractivity contribution in [3.8, 4) is 0 Å². The predicted octanol–water partition coefficient (Wildman–Crippen LogP) is 4.24. The average Bonchev–Trinajstić information content (AvgIpc) is 2.82. The minimum absolute atomic E-state index is 0.144. The van der Waals surface area contributed by atoms with E-state index in [0.29, 0.717) is 17.8 Å². The van der Waals surface area contributed by atoms with E-state index in [9.17, 15) is 4.79 Å². The van der Waals surface area contributed by atoms with Gasteiger partial charge in [-0.1, -0.05) is 51.5 Å². The highest BCUT2D eigenvalue weighted by Crippen LogP contribution is 2.39. The summed E-state index contributed by atoms with van der Waals surface area (Å²) in [6.45, 7) is 7.63. The van der Waals surface area contributed by atoms with Crippen molar-refractivity contribution in [2.75, 3.05) is 7.05 Å². The van der Waals surface area contributed by atoms with E-state index in [1.54, 1.807) is 0 Å². The molecule has 0 spiro atoms. The van der Waals surface area contributed by atoms with Gasteiger partial charge in [0.25, 0.3) is 0 Å². The van der Waals surface area contributed by atoms with E-state index in [-0.39, 0.29) is 18.1 Å². The lowest BCUT2D eigenvalue weighted by molar-refractivity contribution is -0.197. The summed E-state index contributed by atoms with van der Waals surface area (Å²) < 4.78 is 12.3. The van der Waals surface area contributed by atoms with E-state index in [0.717, 1.165) is 24.1 Å². The van der Waals surface area contributed by atoms with Crippen molar-refractivity contribution in [2.24, 2.45) is 17.8 Å². The highest BCUT2D eigenvalue weighted by atomic mass is 16.7. The predicted molar refractivity (Wildman–Crippen MR) is 106 cm³/mol. The van der Waals surface area contributed by atoms with Crippen LogP contribution in [0.4, 0.5) is 0 Å². The van der Waals surface area contributed by atoms with Crippen LogP contribution in [-0.4, -0.2) is 36.4 Å². The van der Waals surface area contributed by atoms with E-state index in [1.807, 2.05) is 12.1 Å². The topological polar surface area (TPSA) is 38.8 Å². The Bertz CT molecular complexity index is 741. The fourth-order valence-corrected chi connectivity index (χ4v) is 4.99. The quantitative estimate of drug-likeness (QED) is 0.747. The fourth-order valence-electron chi connectivity index (χ4n) is 4.99. The van der Waals surface area contributed by atoms with Gasteiger partial charge >= 0.3 is 5.97 Å². The Morgan fingerprint density at radius 2 is 2.00 bits per heavy atom. The van der Waals surface area contributed by atoms with Gasteiger partial charge in [-0.05, 0) is 54.8 Å². The van der Waals surface area contributed by atoms with Gasteiger partial charge in [0, 0.05) is 6.54 Å². The Morgan fingerprint density at radius 3 is 2.78 bits per heavy atom. The molecule has 1 saturated carbocycles. The zero-order valence-corrected chi connectivity index (χ0v) is 16.9. The number of esters is 1. The third-order valence-corrected chi connectivity index (χ3v) is 6.57. The molecule has 27 heavy (non-hydrogen) atoms. The minimum atomic E-state index is -0.514. The van der Waals surface area contributed by atoms with Gasteiger partial charge in [-0.2, -0.15) is 0 Å². The molecular weight excluding hydrogens is 338 g/mol. The molecule has 1 aliphatic carbocycles. The smallest absolute Gasteiger partial charge is 0.338 e. The third-order valence-electron chi connectivity index (χ3n) is 6.57. The van der Waals surface area contributed by atoms with Gasteiger partial charge in [-0.3, -0.25) is 4.90 Å². The van der Waals surface area contributed by atoms with Crippen molar-refractivity contribution in [1.82, 2.24) is 4.90 Å². The Morgan fingerprint density at radius 1 is 1.22 bits per heavy atom. The zero-order chi connectivity index (χ0) is 19.1. The summed E-state index contributed by atoms with van der Waals surface area (Å²) in [6, 6.07) is 8.12. The first kappa shape index (κ1) is 18.7. The number of ether oxygens (including phenoxy) is 2. The van der Waals surface area contributed by atoms with Crippen molar-refractivity contribution in [1.29, 1.82) is 0 Å². The molecule has 1 aromatic rings. The summed E-state index contributed by atoms with van der Waals surface area (Å²) >= 11 is 0. The number of hydrogen-bond acceptors (Lipinski definition) is 4. The maximum absolute atomic E-state index is 12.7. The molecule has 2 fully saturated rings. The first-order chi connectivity index (χ1) is 12.9. The first-order valence-electron chi connectivity index (χ1n) is 10.3. The van der Waals surface area contributed by atoms with Crippen LogP contribution in [0.15, 0.2) is 29.8 Å². The van der Waals surface area contributed by atoms with E-state index in [2.05, 4.69) is 50.9 Å². The summed E-state index contributed by atoms with van der Waals surface area (Å²) in [5, 5.41) is 0. The SMILES string of the molecule is CC(C)[C@@H]1CC[C@@H](C)C[C@H]1O[C@@H]1OC(=O)C2=Cc3ccccc3CN(C)[C@H]21. The molecule has 4 nitrogen and oxygen atoms in total. The summed E-state index contributed by atoms with van der Waals surface area (Å²) in [5.41, 5.74) is 3.06. The molecule has 5 atom stereocenters. The Balaban J connectivity index is 1.60. The second-order valence-electron chi connectivity index (χ2n) is 8.93. The average molecular weight is 370 g/mol. The number of likely N-dealkylation sites (N-methyl/N-ethyl adjacent to an activating group) is 1. The number of hydrogen-bond donors (Lipinski definition) is 0. The minimum Gasteiger partial charge on any atom is -0.430 e. The highest BCUT2D eigenvalue weighted by molar-refractivity contribution is 5.97. The fraction of sp³-hybridized carbons (Fsp3) is 0.609. The third kappa shape index (κ3) is 3.57. The lowest BCUT2D eigenvalue weighted by Crippen LogP contribution is -2.44. The molecule has 0 unspecified atom stereocenters. The molecule has 4 rings (SSSR count). The summed E-state index contributed by atoms with van der Waals surface area (Å²) in [7, 11) is 2.06. The second-order valence-corrected chi connectivity index (χ2v) is 8.93. The molecule has 3 aliphatic rings. The lowest BCUT2D eigenvalue weighted by atomic mass is 9.75. The number of benzene rings is 1. The maximum Gasteiger partial charge on any atom is 0.338 e. The summed E-state index contributed by atoms with van der Waals surface area (Å²) in [6.07, 6.45) is 5.14. The molecule has 0 amide bonds. The molecule has 0 aromatic heterocycles. The second kappa shape index (κ2) is 7.40. The van der Waals surface area contributed by atoms with E-state index >= 15 is 0 Å². The normalized spacial score (nSPS) is 33.9. The van der Waals surface area contributed by atoms with Gasteiger partial charge in [0.1, 0.15) is 6.04 Å². The summed E-state index contributed by atoms with van der Waals surface area (Å²) in [5.74, 6) is 1.53. The number of nitrogens with zero attached hydrogens (tertiary/aromatic N) is 1. The molecule has 0 radical (unpaired) electrons. The largest absolute Gasteiger partial charge is 0.430 e. The van der Waals surface area contributed by atoms with Crippen LogP contribution < -0.4 is 0 Å². The number of carbonyl (C=O) groups is 1. The highest BCUT2D eigenvalue weighted by Gasteiger charge is 2.46. The monoisotopic (exact) mass is 369 g/mol. The molecule has 2 aliphatic heterocycles. The summed E-state index contributed by atoms with van der Waals surface area (Å²) in [4.78, 5) is 14.8. The van der Waals surface area contributed by atoms with Crippen LogP contribution in [0.1, 0.15) is 51.2 Å². The van der Waals surface area contributed by atoms with Crippen LogP contribution in [0.25, 0.3) is 6.08 Å². The van der Waals surface area contributed by atoms with Gasteiger partial charge in [-0.25, -0.2) is 4.79 Å². The Hall–Kier alpha value is -1.65. The van der Waals surface area contributed by atoms with Gasteiger partial charge in [0.05, 0.1) is 11.7 Å². The maximum atomic E-state index is 12.7. The van der Waals surface area contributed by atoms with E-state index in [1.165, 1.54) is 18.4 Å². The van der Waals surface area contributed by atoms with Crippen molar-refractivity contribution >= 4 is 12.0 Å². The van der Waals surface area contributed by atoms with Crippen molar-refractivity contribution in [2.45, 2.75) is 65.0 Å². The zero-order valence-electron chi connectivity index (χ0n) is 16.9. The van der Waals surface area contributed by atoms with Crippen molar-refractivity contribution < 1.29 is 14.3 Å². The van der Waals surface area contributed by atoms with Gasteiger partial charge < -0.3 is 9.47 Å². The van der Waals surface area contributed by atoms with Crippen LogP contribution in [0.5, 0.6) is 0 Å². The van der Waals surface area contributed by atoms with Gasteiger partial charge in [-0.15, -0.1) is 0 Å². The van der Waals surface area contributed by atoms with Crippen LogP contribution in [0.2, 0.25) is 0 Å². The molecule has 4 heteroatoms. The Labute approximate surface area is 162 Å². The molecule has 1 aromatic carbocycles. The number of cyclic esters (lactones) is 1. The number of fused-ring (bicyclic) bond motifs is 2. The van der Waals surface area contributed by atoms with Gasteiger partial charge in [0.15, 0.2) is 0 Å². The molecule has 2 heterocycles. The van der Waals surface area contributed by atoms with Gasteiger partial charge in [0.2, 0.25) is 6.29 Å².